The van der Waals surface area contributed by atoms with Gasteiger partial charge in [-0.05, 0) is 31.4 Å². The summed E-state index contributed by atoms with van der Waals surface area (Å²) in [7, 11) is -4.51. The molecule has 1 aromatic carbocycles. The number of para-hydroxylation sites is 1. The third-order valence-corrected chi connectivity index (χ3v) is 5.51. The van der Waals surface area contributed by atoms with Gasteiger partial charge >= 0.3 is 0 Å². The quantitative estimate of drug-likeness (QED) is 0.231. The zero-order valence-electron chi connectivity index (χ0n) is 15.8. The summed E-state index contributed by atoms with van der Waals surface area (Å²) < 4.78 is 30.7. The first-order chi connectivity index (χ1) is 12.8. The molecule has 10 heteroatoms. The predicted octanol–water partition coefficient (Wildman–Crippen LogP) is 2.14. The molecule has 2 N–H and O–H groups in total. The zero-order valence-corrected chi connectivity index (χ0v) is 17.3. The summed E-state index contributed by atoms with van der Waals surface area (Å²) in [5.74, 6) is -1.16. The summed E-state index contributed by atoms with van der Waals surface area (Å²) >= 11 is 5.61. The summed E-state index contributed by atoms with van der Waals surface area (Å²) in [4.78, 5) is 17.4. The van der Waals surface area contributed by atoms with Crippen LogP contribution in [0, 0.1) is 13.8 Å². The van der Waals surface area contributed by atoms with Crippen LogP contribution in [0.25, 0.3) is 0 Å². The molecular weight excluding hydrogens is 396 g/mol. The normalized spacial score (nSPS) is 13.0. The van der Waals surface area contributed by atoms with Crippen molar-refractivity contribution in [2.24, 2.45) is 0 Å². The van der Waals surface area contributed by atoms with E-state index in [1.807, 2.05) is 13.0 Å². The van der Waals surface area contributed by atoms with Crippen molar-refractivity contribution in [3.8, 4) is 0 Å². The fourth-order valence-electron chi connectivity index (χ4n) is 2.18. The van der Waals surface area contributed by atoms with Crippen LogP contribution in [0.1, 0.15) is 30.9 Å². The zero-order chi connectivity index (χ0) is 20.4. The Bertz CT molecular complexity index is 693. The standard InChI is InChI=1S/C17H27ClN2O6S/c1-4-5-11-25-12-26-20(10-9-18)27(23,24)17(22)16(21)19-15-13(2)7-6-8-14(15)3/h6-8,17,22H,4-5,9-12H2,1-3H3,(H,19,21). The lowest BCUT2D eigenvalue weighted by molar-refractivity contribution is -0.173. The van der Waals surface area contributed by atoms with Gasteiger partial charge in [-0.15, -0.1) is 11.6 Å². The molecule has 0 spiro atoms. The number of unbranched alkanes of at least 4 members (excludes halogenated alkanes) is 1. The Morgan fingerprint density at radius 3 is 2.52 bits per heavy atom. The maximum absolute atomic E-state index is 12.5. The van der Waals surface area contributed by atoms with Gasteiger partial charge in [0.05, 0.1) is 6.54 Å². The fraction of sp³-hybridized carbons (Fsp3) is 0.588. The van der Waals surface area contributed by atoms with E-state index in [0.717, 1.165) is 24.0 Å². The number of carbonyl (C=O) groups is 1. The van der Waals surface area contributed by atoms with Gasteiger partial charge in [-0.1, -0.05) is 36.0 Å². The first kappa shape index (κ1) is 23.8. The summed E-state index contributed by atoms with van der Waals surface area (Å²) in [6, 6.07) is 5.34. The molecule has 0 fully saturated rings. The molecule has 0 aliphatic carbocycles. The molecule has 1 aromatic rings. The molecule has 0 aliphatic rings. The summed E-state index contributed by atoms with van der Waals surface area (Å²) in [5.41, 5.74) is -0.419. The maximum Gasteiger partial charge on any atom is 0.272 e. The molecule has 0 aromatic heterocycles. The van der Waals surface area contributed by atoms with E-state index in [1.165, 1.54) is 0 Å². The van der Waals surface area contributed by atoms with Gasteiger partial charge in [0.2, 0.25) is 0 Å². The number of aliphatic hydroxyl groups excluding tert-OH is 1. The number of alkyl halides is 1. The molecule has 8 nitrogen and oxygen atoms in total. The number of anilines is 1. The topological polar surface area (TPSA) is 105 Å². The Balaban J connectivity index is 2.82. The van der Waals surface area contributed by atoms with Gasteiger partial charge in [0.15, 0.2) is 6.79 Å². The van der Waals surface area contributed by atoms with Crippen LogP contribution in [0.2, 0.25) is 0 Å². The van der Waals surface area contributed by atoms with Crippen LogP contribution >= 0.6 is 11.6 Å². The number of aliphatic hydroxyl groups is 1. The highest BCUT2D eigenvalue weighted by Gasteiger charge is 2.37. The van der Waals surface area contributed by atoms with Crippen molar-refractivity contribution in [1.82, 2.24) is 4.47 Å². The molecule has 1 rings (SSSR count). The van der Waals surface area contributed by atoms with Gasteiger partial charge < -0.3 is 15.2 Å². The number of benzene rings is 1. The number of sulfonamides is 1. The number of nitrogens with one attached hydrogen (secondary N) is 1. The highest BCUT2D eigenvalue weighted by Crippen LogP contribution is 2.20. The van der Waals surface area contributed by atoms with Crippen molar-refractivity contribution >= 4 is 33.2 Å². The molecule has 0 heterocycles. The van der Waals surface area contributed by atoms with Gasteiger partial charge in [0.25, 0.3) is 21.4 Å². The van der Waals surface area contributed by atoms with Gasteiger partial charge in [-0.25, -0.2) is 8.42 Å². The maximum atomic E-state index is 12.5. The third-order valence-electron chi connectivity index (χ3n) is 3.71. The van der Waals surface area contributed by atoms with Crippen molar-refractivity contribution in [1.29, 1.82) is 0 Å². The Labute approximate surface area is 165 Å². The van der Waals surface area contributed by atoms with Crippen molar-refractivity contribution in [2.75, 3.05) is 31.1 Å². The van der Waals surface area contributed by atoms with Gasteiger partial charge in [0.1, 0.15) is 0 Å². The van der Waals surface area contributed by atoms with Crippen molar-refractivity contribution in [3.63, 3.8) is 0 Å². The third kappa shape index (κ3) is 7.02. The van der Waals surface area contributed by atoms with E-state index in [0.29, 0.717) is 16.8 Å². The van der Waals surface area contributed by atoms with Crippen LogP contribution in [0.15, 0.2) is 18.2 Å². The highest BCUT2D eigenvalue weighted by atomic mass is 35.5. The van der Waals surface area contributed by atoms with Crippen LogP contribution < -0.4 is 5.32 Å². The number of aryl methyl sites for hydroxylation is 2. The minimum atomic E-state index is -4.51. The average molecular weight is 423 g/mol. The smallest absolute Gasteiger partial charge is 0.272 e. The minimum absolute atomic E-state index is 0.0839. The second-order valence-electron chi connectivity index (χ2n) is 5.88. The molecule has 1 atom stereocenters. The number of carbonyl (C=O) groups excluding carboxylic acids is 1. The molecule has 154 valence electrons. The molecular formula is C17H27ClN2O6S. The monoisotopic (exact) mass is 422 g/mol. The van der Waals surface area contributed by atoms with E-state index in [1.54, 1.807) is 26.0 Å². The number of hydroxylamine groups is 1. The number of rotatable bonds is 12. The van der Waals surface area contributed by atoms with E-state index in [4.69, 9.17) is 21.2 Å². The average Bonchev–Trinajstić information content (AvgIpc) is 2.62. The molecule has 27 heavy (non-hydrogen) atoms. The largest absolute Gasteiger partial charge is 0.368 e. The van der Waals surface area contributed by atoms with Gasteiger partial charge in [0, 0.05) is 18.2 Å². The van der Waals surface area contributed by atoms with Gasteiger partial charge in [-0.2, -0.15) is 0 Å². The lowest BCUT2D eigenvalue weighted by Crippen LogP contribution is -2.45. The van der Waals surface area contributed by atoms with E-state index in [9.17, 15) is 18.3 Å². The Morgan fingerprint density at radius 1 is 1.33 bits per heavy atom. The van der Waals surface area contributed by atoms with Gasteiger partial charge in [-0.3, -0.25) is 9.63 Å². The fourth-order valence-corrected chi connectivity index (χ4v) is 3.52. The second kappa shape index (κ2) is 11.6. The predicted molar refractivity (Wildman–Crippen MR) is 104 cm³/mol. The molecule has 0 saturated carbocycles. The molecule has 0 bridgehead atoms. The number of hydrogen-bond donors (Lipinski definition) is 2. The van der Waals surface area contributed by atoms with Crippen molar-refractivity contribution in [3.05, 3.63) is 29.3 Å². The van der Waals surface area contributed by atoms with Crippen molar-refractivity contribution < 1.29 is 27.9 Å². The van der Waals surface area contributed by atoms with E-state index < -0.39 is 21.4 Å². The highest BCUT2D eigenvalue weighted by molar-refractivity contribution is 7.90. The van der Waals surface area contributed by atoms with Crippen LogP contribution in [0.4, 0.5) is 5.69 Å². The molecule has 0 saturated heterocycles. The molecule has 1 amide bonds. The second-order valence-corrected chi connectivity index (χ2v) is 8.14. The summed E-state index contributed by atoms with van der Waals surface area (Å²) in [6.07, 6.45) is 1.72. The number of amides is 1. The number of nitrogens with zero attached hydrogens (tertiary/aromatic N) is 1. The van der Waals surface area contributed by atoms with Crippen LogP contribution in [0.3, 0.4) is 0 Å². The van der Waals surface area contributed by atoms with Crippen LogP contribution in [-0.4, -0.2) is 55.2 Å². The number of hydrogen-bond acceptors (Lipinski definition) is 6. The SMILES string of the molecule is CCCCOCON(CCCl)S(=O)(=O)C(O)C(=O)Nc1c(C)cccc1C. The Hall–Kier alpha value is -1.23. The first-order valence-electron chi connectivity index (χ1n) is 8.59. The van der Waals surface area contributed by atoms with Crippen LogP contribution in [0.5, 0.6) is 0 Å². The first-order valence-corrected chi connectivity index (χ1v) is 10.6. The molecule has 0 aliphatic heterocycles. The summed E-state index contributed by atoms with van der Waals surface area (Å²) in [6.45, 7) is 5.34. The van der Waals surface area contributed by atoms with E-state index >= 15 is 0 Å². The van der Waals surface area contributed by atoms with Crippen molar-refractivity contribution in [2.45, 2.75) is 39.0 Å². The van der Waals surface area contributed by atoms with E-state index in [-0.39, 0.29) is 19.2 Å². The van der Waals surface area contributed by atoms with Crippen LogP contribution in [-0.2, 0) is 24.4 Å². The lowest BCUT2D eigenvalue weighted by atomic mass is 10.1. The molecule has 1 unspecified atom stereocenters. The Morgan fingerprint density at radius 2 is 1.96 bits per heavy atom. The lowest BCUT2D eigenvalue weighted by Gasteiger charge is -2.23. The number of ether oxygens (including phenoxy) is 1. The Kier molecular flexibility index (Phi) is 10.2. The molecule has 0 radical (unpaired) electrons. The summed E-state index contributed by atoms with van der Waals surface area (Å²) in [5, 5.41) is 12.6. The number of halogens is 1. The van der Waals surface area contributed by atoms with E-state index in [2.05, 4.69) is 5.32 Å². The minimum Gasteiger partial charge on any atom is -0.368 e.